The smallest absolute Gasteiger partial charge is 0.264 e. The summed E-state index contributed by atoms with van der Waals surface area (Å²) in [5.74, 6) is -0.586. The Kier molecular flexibility index (Phi) is 11.2. The van der Waals surface area contributed by atoms with Gasteiger partial charge in [0.05, 0.1) is 10.6 Å². The number of halogens is 1. The normalized spacial score (nSPS) is 14.7. The molecule has 3 aromatic rings. The Balaban J connectivity index is 1.65. The highest BCUT2D eigenvalue weighted by Crippen LogP contribution is 2.25. The third-order valence-electron chi connectivity index (χ3n) is 7.55. The van der Waals surface area contributed by atoms with Crippen molar-refractivity contribution in [3.05, 3.63) is 94.1 Å². The number of carbonyl (C=O) groups is 2. The summed E-state index contributed by atoms with van der Waals surface area (Å²) in [6, 6.07) is 24.4. The molecule has 0 saturated heterocycles. The highest BCUT2D eigenvalue weighted by atomic mass is 127. The molecule has 1 aliphatic carbocycles. The van der Waals surface area contributed by atoms with Crippen LogP contribution < -0.4 is 9.62 Å². The van der Waals surface area contributed by atoms with E-state index >= 15 is 0 Å². The van der Waals surface area contributed by atoms with Gasteiger partial charge in [0.1, 0.15) is 12.6 Å². The molecular weight excluding hydrogens is 649 g/mol. The first-order valence-corrected chi connectivity index (χ1v) is 16.8. The molecule has 0 bridgehead atoms. The van der Waals surface area contributed by atoms with E-state index in [9.17, 15) is 18.0 Å². The minimum absolute atomic E-state index is 0.101. The van der Waals surface area contributed by atoms with Crippen molar-refractivity contribution in [1.82, 2.24) is 10.2 Å². The molecule has 0 spiro atoms. The number of rotatable bonds is 12. The molecule has 1 aliphatic rings. The molecule has 7 nitrogen and oxygen atoms in total. The maximum Gasteiger partial charge on any atom is 0.264 e. The molecule has 0 heterocycles. The van der Waals surface area contributed by atoms with Crippen molar-refractivity contribution in [1.29, 1.82) is 0 Å². The van der Waals surface area contributed by atoms with Crippen LogP contribution in [0.15, 0.2) is 89.8 Å². The lowest BCUT2D eigenvalue weighted by atomic mass is 9.95. The molecule has 0 aliphatic heterocycles. The van der Waals surface area contributed by atoms with Crippen LogP contribution in [0.3, 0.4) is 0 Å². The predicted molar refractivity (Wildman–Crippen MR) is 171 cm³/mol. The third-order valence-corrected chi connectivity index (χ3v) is 10.1. The van der Waals surface area contributed by atoms with Crippen LogP contribution in [0.2, 0.25) is 0 Å². The summed E-state index contributed by atoms with van der Waals surface area (Å²) >= 11 is 2.16. The van der Waals surface area contributed by atoms with Gasteiger partial charge in [-0.2, -0.15) is 0 Å². The van der Waals surface area contributed by atoms with E-state index in [1.54, 1.807) is 35.2 Å². The van der Waals surface area contributed by atoms with Crippen LogP contribution in [0.1, 0.15) is 51.0 Å². The highest BCUT2D eigenvalue weighted by Gasteiger charge is 2.34. The number of hydrogen-bond donors (Lipinski definition) is 1. The zero-order valence-electron chi connectivity index (χ0n) is 23.4. The SMILES string of the molecule is CCC(C(=O)NC1CCCCC1)N(CCc1ccccc1)C(=O)CN(c1ccc(I)cc1)S(=O)(=O)c1ccccc1. The molecular formula is C32H38IN3O4S. The summed E-state index contributed by atoms with van der Waals surface area (Å²) in [5.41, 5.74) is 1.43. The predicted octanol–water partition coefficient (Wildman–Crippen LogP) is 5.79. The standard InChI is InChI=1S/C32H38IN3O4S/c1-2-30(32(38)34-27-14-8-4-9-15-27)35(23-22-25-12-6-3-7-13-25)31(37)24-36(28-20-18-26(33)19-21-28)41(39,40)29-16-10-5-11-17-29/h3,5-7,10-13,16-21,27,30H,2,4,8-9,14-15,22-24H2,1H3,(H,34,38). The first kappa shape index (κ1) is 31.0. The summed E-state index contributed by atoms with van der Waals surface area (Å²) in [4.78, 5) is 29.4. The molecule has 2 amide bonds. The maximum absolute atomic E-state index is 14.1. The van der Waals surface area contributed by atoms with Crippen molar-refractivity contribution < 1.29 is 18.0 Å². The molecule has 9 heteroatoms. The molecule has 1 unspecified atom stereocenters. The molecule has 1 atom stereocenters. The van der Waals surface area contributed by atoms with E-state index in [4.69, 9.17) is 0 Å². The third kappa shape index (κ3) is 8.31. The van der Waals surface area contributed by atoms with Gasteiger partial charge in [-0.25, -0.2) is 8.42 Å². The summed E-state index contributed by atoms with van der Waals surface area (Å²) in [6.07, 6.45) is 6.20. The van der Waals surface area contributed by atoms with Gasteiger partial charge in [-0.3, -0.25) is 13.9 Å². The van der Waals surface area contributed by atoms with Crippen molar-refractivity contribution in [2.24, 2.45) is 0 Å². The molecule has 3 aromatic carbocycles. The van der Waals surface area contributed by atoms with Gasteiger partial charge in [-0.1, -0.05) is 74.7 Å². The highest BCUT2D eigenvalue weighted by molar-refractivity contribution is 14.1. The second kappa shape index (κ2) is 14.8. The van der Waals surface area contributed by atoms with Crippen molar-refractivity contribution in [2.75, 3.05) is 17.4 Å². The van der Waals surface area contributed by atoms with Gasteiger partial charge in [0, 0.05) is 16.2 Å². The summed E-state index contributed by atoms with van der Waals surface area (Å²) in [5, 5.41) is 3.19. The molecule has 1 fully saturated rings. The van der Waals surface area contributed by atoms with E-state index in [1.165, 1.54) is 18.6 Å². The second-order valence-corrected chi connectivity index (χ2v) is 13.5. The quantitative estimate of drug-likeness (QED) is 0.245. The zero-order valence-corrected chi connectivity index (χ0v) is 26.4. The van der Waals surface area contributed by atoms with Crippen LogP contribution in [0, 0.1) is 3.57 Å². The Morgan fingerprint density at radius 3 is 2.12 bits per heavy atom. The van der Waals surface area contributed by atoms with Gasteiger partial charge < -0.3 is 10.2 Å². The Morgan fingerprint density at radius 1 is 0.902 bits per heavy atom. The van der Waals surface area contributed by atoms with Crippen LogP contribution in [0.5, 0.6) is 0 Å². The van der Waals surface area contributed by atoms with Crippen molar-refractivity contribution >= 4 is 50.1 Å². The zero-order chi connectivity index (χ0) is 29.2. The number of nitrogens with zero attached hydrogens (tertiary/aromatic N) is 2. The van der Waals surface area contributed by atoms with E-state index in [0.29, 0.717) is 25.1 Å². The van der Waals surface area contributed by atoms with Crippen LogP contribution in [0.4, 0.5) is 5.69 Å². The van der Waals surface area contributed by atoms with Crippen LogP contribution in [-0.2, 0) is 26.0 Å². The average molecular weight is 688 g/mol. The van der Waals surface area contributed by atoms with E-state index in [-0.39, 0.29) is 16.8 Å². The summed E-state index contributed by atoms with van der Waals surface area (Å²) < 4.78 is 29.8. The monoisotopic (exact) mass is 687 g/mol. The lowest BCUT2D eigenvalue weighted by Crippen LogP contribution is -2.54. The molecule has 218 valence electrons. The van der Waals surface area contributed by atoms with E-state index in [1.807, 2.05) is 49.4 Å². The second-order valence-electron chi connectivity index (χ2n) is 10.4. The van der Waals surface area contributed by atoms with E-state index in [0.717, 1.165) is 39.1 Å². The number of nitrogens with one attached hydrogen (secondary N) is 1. The van der Waals surface area contributed by atoms with Crippen molar-refractivity contribution in [3.8, 4) is 0 Å². The first-order chi connectivity index (χ1) is 19.8. The molecule has 0 aromatic heterocycles. The Morgan fingerprint density at radius 2 is 1.51 bits per heavy atom. The summed E-state index contributed by atoms with van der Waals surface area (Å²) in [6.45, 7) is 1.77. The van der Waals surface area contributed by atoms with E-state index < -0.39 is 28.5 Å². The maximum atomic E-state index is 14.1. The van der Waals surface area contributed by atoms with Crippen molar-refractivity contribution in [2.45, 2.75) is 68.8 Å². The lowest BCUT2D eigenvalue weighted by Gasteiger charge is -2.34. The Bertz CT molecular complexity index is 1380. The number of amides is 2. The minimum atomic E-state index is -4.06. The number of anilines is 1. The molecule has 1 N–H and O–H groups in total. The van der Waals surface area contributed by atoms with Gasteiger partial charge in [0.2, 0.25) is 11.8 Å². The van der Waals surface area contributed by atoms with Gasteiger partial charge in [-0.15, -0.1) is 0 Å². The molecule has 0 radical (unpaired) electrons. The Hall–Kier alpha value is -2.92. The van der Waals surface area contributed by atoms with Gasteiger partial charge in [0.15, 0.2) is 0 Å². The van der Waals surface area contributed by atoms with Gasteiger partial charge in [0.25, 0.3) is 10.0 Å². The van der Waals surface area contributed by atoms with Crippen LogP contribution >= 0.6 is 22.6 Å². The lowest BCUT2D eigenvalue weighted by molar-refractivity contribution is -0.140. The number of benzene rings is 3. The fourth-order valence-electron chi connectivity index (χ4n) is 5.30. The molecule has 1 saturated carbocycles. The average Bonchev–Trinajstić information content (AvgIpc) is 2.99. The molecule has 4 rings (SSSR count). The van der Waals surface area contributed by atoms with Crippen LogP contribution in [-0.4, -0.2) is 50.3 Å². The van der Waals surface area contributed by atoms with E-state index in [2.05, 4.69) is 27.9 Å². The largest absolute Gasteiger partial charge is 0.352 e. The number of hydrogen-bond acceptors (Lipinski definition) is 4. The fourth-order valence-corrected chi connectivity index (χ4v) is 7.09. The topological polar surface area (TPSA) is 86.8 Å². The number of sulfonamides is 1. The minimum Gasteiger partial charge on any atom is -0.352 e. The first-order valence-electron chi connectivity index (χ1n) is 14.3. The fraction of sp³-hybridized carbons (Fsp3) is 0.375. The van der Waals surface area contributed by atoms with Crippen molar-refractivity contribution in [3.63, 3.8) is 0 Å². The Labute approximate surface area is 257 Å². The number of carbonyl (C=O) groups excluding carboxylic acids is 2. The van der Waals surface area contributed by atoms with Crippen LogP contribution in [0.25, 0.3) is 0 Å². The molecule has 41 heavy (non-hydrogen) atoms. The van der Waals surface area contributed by atoms with Gasteiger partial charge >= 0.3 is 0 Å². The summed E-state index contributed by atoms with van der Waals surface area (Å²) in [7, 11) is -4.06. The van der Waals surface area contributed by atoms with Gasteiger partial charge in [-0.05, 0) is 90.2 Å².